The fourth-order valence-corrected chi connectivity index (χ4v) is 2.21. The second-order valence-electron chi connectivity index (χ2n) is 6.28. The molecule has 1 aliphatic heterocycles. The molecule has 2 aromatic rings. The first-order chi connectivity index (χ1) is 9.78. The van der Waals surface area contributed by atoms with Gasteiger partial charge in [-0.1, -0.05) is 24.3 Å². The SMILES string of the molecule is CC1(C)OB(c2ccc(-c3coc(N)n3)cc2)OC1(C)C. The number of nitrogen functional groups attached to an aromatic ring is 1. The Morgan fingerprint density at radius 1 is 1.00 bits per heavy atom. The van der Waals surface area contributed by atoms with Crippen LogP contribution in [0.25, 0.3) is 11.3 Å². The average molecular weight is 286 g/mol. The monoisotopic (exact) mass is 286 g/mol. The summed E-state index contributed by atoms with van der Waals surface area (Å²) in [6, 6.07) is 8.03. The smallest absolute Gasteiger partial charge is 0.432 e. The highest BCUT2D eigenvalue weighted by Crippen LogP contribution is 2.36. The third-order valence-electron chi connectivity index (χ3n) is 4.25. The maximum atomic E-state index is 6.02. The molecule has 0 spiro atoms. The molecular weight excluding hydrogens is 267 g/mol. The lowest BCUT2D eigenvalue weighted by Gasteiger charge is -2.32. The molecule has 1 aromatic heterocycles. The zero-order chi connectivity index (χ0) is 15.3. The zero-order valence-corrected chi connectivity index (χ0v) is 12.7. The number of nitrogens with two attached hydrogens (primary N) is 1. The summed E-state index contributed by atoms with van der Waals surface area (Å²) in [5.41, 5.74) is 7.45. The van der Waals surface area contributed by atoms with E-state index in [1.807, 2.05) is 52.0 Å². The first kappa shape index (κ1) is 14.2. The highest BCUT2D eigenvalue weighted by molar-refractivity contribution is 6.62. The molecule has 3 rings (SSSR count). The molecule has 0 bridgehead atoms. The number of nitrogens with zero attached hydrogens (tertiary/aromatic N) is 1. The Balaban J connectivity index is 1.83. The molecule has 2 N–H and O–H groups in total. The molecule has 1 aliphatic rings. The summed E-state index contributed by atoms with van der Waals surface area (Å²) in [6.07, 6.45) is 1.54. The lowest BCUT2D eigenvalue weighted by Crippen LogP contribution is -2.41. The van der Waals surface area contributed by atoms with Crippen LogP contribution in [0.5, 0.6) is 0 Å². The number of oxazole rings is 1. The van der Waals surface area contributed by atoms with Gasteiger partial charge in [0.2, 0.25) is 0 Å². The zero-order valence-electron chi connectivity index (χ0n) is 12.7. The van der Waals surface area contributed by atoms with Crippen LogP contribution < -0.4 is 11.2 Å². The average Bonchev–Trinajstić information content (AvgIpc) is 2.92. The third kappa shape index (κ3) is 2.45. The topological polar surface area (TPSA) is 70.5 Å². The van der Waals surface area contributed by atoms with Gasteiger partial charge in [-0.2, -0.15) is 4.98 Å². The van der Waals surface area contributed by atoms with E-state index in [0.29, 0.717) is 5.69 Å². The molecule has 0 amide bonds. The van der Waals surface area contributed by atoms with Gasteiger partial charge in [0, 0.05) is 5.56 Å². The molecule has 21 heavy (non-hydrogen) atoms. The van der Waals surface area contributed by atoms with E-state index in [4.69, 9.17) is 19.5 Å². The van der Waals surface area contributed by atoms with Crippen molar-refractivity contribution in [2.45, 2.75) is 38.9 Å². The normalized spacial score (nSPS) is 19.9. The van der Waals surface area contributed by atoms with Gasteiger partial charge in [-0.25, -0.2) is 0 Å². The molecule has 0 saturated carbocycles. The highest BCUT2D eigenvalue weighted by Gasteiger charge is 2.51. The van der Waals surface area contributed by atoms with Crippen molar-refractivity contribution in [2.24, 2.45) is 0 Å². The van der Waals surface area contributed by atoms with Gasteiger partial charge < -0.3 is 19.5 Å². The van der Waals surface area contributed by atoms with Crippen LogP contribution in [0, 0.1) is 0 Å². The summed E-state index contributed by atoms with van der Waals surface area (Å²) in [6.45, 7) is 8.16. The molecule has 6 heteroatoms. The van der Waals surface area contributed by atoms with Crippen LogP contribution in [0.1, 0.15) is 27.7 Å². The van der Waals surface area contributed by atoms with Gasteiger partial charge in [-0.05, 0) is 33.2 Å². The minimum Gasteiger partial charge on any atom is -0.432 e. The second kappa shape index (κ2) is 4.61. The Morgan fingerprint density at radius 2 is 1.57 bits per heavy atom. The first-order valence-electron chi connectivity index (χ1n) is 6.95. The molecule has 0 unspecified atom stereocenters. The van der Waals surface area contributed by atoms with Crippen LogP contribution in [0.2, 0.25) is 0 Å². The van der Waals surface area contributed by atoms with Crippen molar-refractivity contribution in [1.82, 2.24) is 4.98 Å². The largest absolute Gasteiger partial charge is 0.494 e. The molecule has 110 valence electrons. The summed E-state index contributed by atoms with van der Waals surface area (Å²) in [7, 11) is -0.355. The Morgan fingerprint density at radius 3 is 2.05 bits per heavy atom. The van der Waals surface area contributed by atoms with E-state index in [0.717, 1.165) is 11.0 Å². The maximum absolute atomic E-state index is 6.02. The number of hydrogen-bond donors (Lipinski definition) is 1. The van der Waals surface area contributed by atoms with Gasteiger partial charge in [0.05, 0.1) is 11.2 Å². The van der Waals surface area contributed by atoms with Gasteiger partial charge >= 0.3 is 7.12 Å². The van der Waals surface area contributed by atoms with E-state index in [1.54, 1.807) is 6.26 Å². The van der Waals surface area contributed by atoms with Crippen LogP contribution >= 0.6 is 0 Å². The minimum atomic E-state index is -0.355. The van der Waals surface area contributed by atoms with E-state index >= 15 is 0 Å². The van der Waals surface area contributed by atoms with E-state index in [1.165, 1.54) is 0 Å². The fraction of sp³-hybridized carbons (Fsp3) is 0.400. The van der Waals surface area contributed by atoms with Crippen LogP contribution in [-0.4, -0.2) is 23.3 Å². The Kier molecular flexibility index (Phi) is 3.11. The molecular formula is C15H19BN2O3. The second-order valence-corrected chi connectivity index (χ2v) is 6.28. The van der Waals surface area contributed by atoms with E-state index in [-0.39, 0.29) is 24.3 Å². The third-order valence-corrected chi connectivity index (χ3v) is 4.25. The summed E-state index contributed by atoms with van der Waals surface area (Å²) in [5, 5.41) is 0. The van der Waals surface area contributed by atoms with Crippen molar-refractivity contribution < 1.29 is 13.7 Å². The number of anilines is 1. The Labute approximate surface area is 124 Å². The van der Waals surface area contributed by atoms with Gasteiger partial charge in [-0.3, -0.25) is 0 Å². The van der Waals surface area contributed by atoms with Crippen molar-refractivity contribution in [3.63, 3.8) is 0 Å². The van der Waals surface area contributed by atoms with Crippen LogP contribution in [0.4, 0.5) is 6.01 Å². The molecule has 0 atom stereocenters. The quantitative estimate of drug-likeness (QED) is 0.857. The van der Waals surface area contributed by atoms with Crippen molar-refractivity contribution in [3.05, 3.63) is 30.5 Å². The standard InChI is InChI=1S/C15H19BN2O3/c1-14(2)15(3,4)21-16(20-14)11-7-5-10(6-8-11)12-9-19-13(17)18-12/h5-9H,1-4H3,(H2,17,18). The maximum Gasteiger partial charge on any atom is 0.494 e. The minimum absolute atomic E-state index is 0.167. The highest BCUT2D eigenvalue weighted by atomic mass is 16.7. The van der Waals surface area contributed by atoms with E-state index in [9.17, 15) is 0 Å². The predicted octanol–water partition coefficient (Wildman–Crippen LogP) is 2.22. The number of hydrogen-bond acceptors (Lipinski definition) is 5. The predicted molar refractivity (Wildman–Crippen MR) is 82.1 cm³/mol. The summed E-state index contributed by atoms with van der Waals surface area (Å²) in [4.78, 5) is 4.10. The van der Waals surface area contributed by atoms with Crippen LogP contribution in [0.15, 0.2) is 34.9 Å². The molecule has 0 radical (unpaired) electrons. The number of rotatable bonds is 2. The van der Waals surface area contributed by atoms with Crippen LogP contribution in [0.3, 0.4) is 0 Å². The number of aromatic nitrogens is 1. The molecule has 0 aliphatic carbocycles. The van der Waals surface area contributed by atoms with E-state index < -0.39 is 0 Å². The van der Waals surface area contributed by atoms with Crippen molar-refractivity contribution in [3.8, 4) is 11.3 Å². The summed E-state index contributed by atoms with van der Waals surface area (Å²) >= 11 is 0. The lowest BCUT2D eigenvalue weighted by atomic mass is 9.79. The van der Waals surface area contributed by atoms with Gasteiger partial charge in [-0.15, -0.1) is 0 Å². The molecule has 1 aromatic carbocycles. The molecule has 5 nitrogen and oxygen atoms in total. The summed E-state index contributed by atoms with van der Waals surface area (Å²) in [5.74, 6) is 0. The van der Waals surface area contributed by atoms with Crippen molar-refractivity contribution >= 4 is 18.6 Å². The number of benzene rings is 1. The van der Waals surface area contributed by atoms with Gasteiger partial charge in [0.25, 0.3) is 6.01 Å². The first-order valence-corrected chi connectivity index (χ1v) is 6.95. The van der Waals surface area contributed by atoms with Gasteiger partial charge in [0.15, 0.2) is 0 Å². The molecule has 1 fully saturated rings. The lowest BCUT2D eigenvalue weighted by molar-refractivity contribution is 0.00578. The van der Waals surface area contributed by atoms with Crippen molar-refractivity contribution in [1.29, 1.82) is 0 Å². The van der Waals surface area contributed by atoms with Gasteiger partial charge in [0.1, 0.15) is 12.0 Å². The van der Waals surface area contributed by atoms with E-state index in [2.05, 4.69) is 4.98 Å². The summed E-state index contributed by atoms with van der Waals surface area (Å²) < 4.78 is 17.1. The fourth-order valence-electron chi connectivity index (χ4n) is 2.21. The molecule has 1 saturated heterocycles. The Bertz CT molecular complexity index is 633. The molecule has 2 heterocycles. The Hall–Kier alpha value is -1.79. The van der Waals surface area contributed by atoms with Crippen LogP contribution in [-0.2, 0) is 9.31 Å². The van der Waals surface area contributed by atoms with Crippen molar-refractivity contribution in [2.75, 3.05) is 5.73 Å².